The third-order valence-corrected chi connectivity index (χ3v) is 7.00. The second-order valence-electron chi connectivity index (χ2n) is 9.27. The molecule has 1 saturated heterocycles. The molecule has 7 nitrogen and oxygen atoms in total. The maximum atomic E-state index is 12.3. The van der Waals surface area contributed by atoms with Crippen LogP contribution in [0.3, 0.4) is 0 Å². The predicted molar refractivity (Wildman–Crippen MR) is 132 cm³/mol. The van der Waals surface area contributed by atoms with Crippen LogP contribution in [0.2, 0.25) is 0 Å². The molecule has 1 fully saturated rings. The Kier molecular flexibility index (Phi) is 6.35. The summed E-state index contributed by atoms with van der Waals surface area (Å²) in [5.41, 5.74) is 4.05. The van der Waals surface area contributed by atoms with Gasteiger partial charge in [-0.3, -0.25) is 0 Å². The van der Waals surface area contributed by atoms with Gasteiger partial charge in [0, 0.05) is 16.7 Å². The Hall–Kier alpha value is -3.22. The minimum atomic E-state index is -1.49. The van der Waals surface area contributed by atoms with E-state index in [0.29, 0.717) is 22.4 Å². The topological polar surface area (TPSA) is 120 Å². The van der Waals surface area contributed by atoms with E-state index in [-0.39, 0.29) is 0 Å². The molecular weight excluding hydrogens is 460 g/mol. The molecule has 36 heavy (non-hydrogen) atoms. The molecule has 5 rings (SSSR count). The lowest BCUT2D eigenvalue weighted by atomic mass is 9.83. The summed E-state index contributed by atoms with van der Waals surface area (Å²) in [4.78, 5) is 0. The molecule has 0 bridgehead atoms. The molecule has 0 saturated carbocycles. The van der Waals surface area contributed by atoms with Gasteiger partial charge in [-0.05, 0) is 47.9 Å². The second kappa shape index (κ2) is 9.34. The highest BCUT2D eigenvalue weighted by Gasteiger charge is 2.44. The van der Waals surface area contributed by atoms with Crippen molar-refractivity contribution in [2.24, 2.45) is 0 Å². The maximum Gasteiger partial charge on any atom is 0.147 e. The fourth-order valence-electron chi connectivity index (χ4n) is 5.03. The lowest BCUT2D eigenvalue weighted by Crippen LogP contribution is -2.58. The Bertz CT molecular complexity index is 1360. The van der Waals surface area contributed by atoms with Crippen molar-refractivity contribution in [2.45, 2.75) is 43.0 Å². The number of ether oxygens (including phenoxy) is 2. The molecular formula is C29H28O7. The molecule has 3 aromatic carbocycles. The summed E-state index contributed by atoms with van der Waals surface area (Å²) in [6, 6.07) is 18.8. The number of hydrogen-bond donors (Lipinski definition) is 5. The van der Waals surface area contributed by atoms with Gasteiger partial charge in [0.1, 0.15) is 41.9 Å². The van der Waals surface area contributed by atoms with E-state index >= 15 is 0 Å². The van der Waals surface area contributed by atoms with Gasteiger partial charge in [0.15, 0.2) is 0 Å². The van der Waals surface area contributed by atoms with Crippen LogP contribution in [-0.4, -0.2) is 69.8 Å². The van der Waals surface area contributed by atoms with Crippen LogP contribution in [0, 0.1) is 18.8 Å². The number of rotatable bonds is 3. The molecule has 7 heteroatoms. The van der Waals surface area contributed by atoms with Gasteiger partial charge in [-0.15, -0.1) is 0 Å². The summed E-state index contributed by atoms with van der Waals surface area (Å²) in [5, 5.41) is 52.0. The molecule has 0 aromatic heterocycles. The SMILES string of the molecule is COc1cccc(C2(O)c3cc(C)ccc3-c3ccc(C#C[C@H]4O[C@H](CO)[C@@H](O)[C@H](O)[C@@H]4O)cc32)c1. The van der Waals surface area contributed by atoms with Gasteiger partial charge >= 0.3 is 0 Å². The number of benzene rings is 3. The normalized spacial score (nSPS) is 28.6. The van der Waals surface area contributed by atoms with Crippen LogP contribution in [0.1, 0.15) is 27.8 Å². The third-order valence-electron chi connectivity index (χ3n) is 7.00. The van der Waals surface area contributed by atoms with Crippen LogP contribution in [0.15, 0.2) is 60.7 Å². The summed E-state index contributed by atoms with van der Waals surface area (Å²) < 4.78 is 10.9. The summed E-state index contributed by atoms with van der Waals surface area (Å²) >= 11 is 0. The number of hydrogen-bond acceptors (Lipinski definition) is 7. The zero-order valence-corrected chi connectivity index (χ0v) is 19.9. The largest absolute Gasteiger partial charge is 0.497 e. The number of methoxy groups -OCH3 is 1. The van der Waals surface area contributed by atoms with Crippen molar-refractivity contribution < 1.29 is 35.0 Å². The molecule has 0 amide bonds. The van der Waals surface area contributed by atoms with E-state index in [9.17, 15) is 25.5 Å². The average Bonchev–Trinajstić information content (AvgIpc) is 3.15. The van der Waals surface area contributed by atoms with Crippen LogP contribution in [-0.2, 0) is 10.3 Å². The van der Waals surface area contributed by atoms with E-state index in [1.807, 2.05) is 61.5 Å². The molecule has 2 aliphatic rings. The van der Waals surface area contributed by atoms with E-state index in [4.69, 9.17) is 9.47 Å². The van der Waals surface area contributed by atoms with Crippen molar-refractivity contribution in [3.63, 3.8) is 0 Å². The van der Waals surface area contributed by atoms with E-state index < -0.39 is 42.7 Å². The lowest BCUT2D eigenvalue weighted by Gasteiger charge is -2.37. The minimum Gasteiger partial charge on any atom is -0.497 e. The minimum absolute atomic E-state index is 0.521. The van der Waals surface area contributed by atoms with Crippen LogP contribution in [0.5, 0.6) is 5.75 Å². The highest BCUT2D eigenvalue weighted by atomic mass is 16.5. The van der Waals surface area contributed by atoms with E-state index in [1.165, 1.54) is 0 Å². The van der Waals surface area contributed by atoms with Gasteiger partial charge in [-0.2, -0.15) is 0 Å². The van der Waals surface area contributed by atoms with Crippen molar-refractivity contribution in [3.05, 3.63) is 88.5 Å². The smallest absolute Gasteiger partial charge is 0.147 e. The van der Waals surface area contributed by atoms with Crippen molar-refractivity contribution >= 4 is 0 Å². The van der Waals surface area contributed by atoms with Crippen LogP contribution in [0.4, 0.5) is 0 Å². The zero-order chi connectivity index (χ0) is 25.6. The van der Waals surface area contributed by atoms with Crippen molar-refractivity contribution in [1.29, 1.82) is 0 Å². The molecule has 6 atom stereocenters. The zero-order valence-electron chi connectivity index (χ0n) is 19.9. The van der Waals surface area contributed by atoms with Crippen molar-refractivity contribution in [1.82, 2.24) is 0 Å². The first kappa shape index (κ1) is 24.5. The Balaban J connectivity index is 1.59. The molecule has 1 aliphatic carbocycles. The second-order valence-corrected chi connectivity index (χ2v) is 9.27. The lowest BCUT2D eigenvalue weighted by molar-refractivity contribution is -0.214. The quantitative estimate of drug-likeness (QED) is 0.354. The average molecular weight is 489 g/mol. The highest BCUT2D eigenvalue weighted by Crippen LogP contribution is 2.51. The van der Waals surface area contributed by atoms with Crippen LogP contribution in [0.25, 0.3) is 11.1 Å². The molecule has 1 unspecified atom stereocenters. The van der Waals surface area contributed by atoms with Gasteiger partial charge in [0.05, 0.1) is 13.7 Å². The van der Waals surface area contributed by atoms with E-state index in [2.05, 4.69) is 11.8 Å². The third kappa shape index (κ3) is 3.89. The fraction of sp³-hybridized carbons (Fsp3) is 0.310. The van der Waals surface area contributed by atoms with E-state index in [0.717, 1.165) is 22.3 Å². The van der Waals surface area contributed by atoms with Gasteiger partial charge in [-0.25, -0.2) is 0 Å². The van der Waals surface area contributed by atoms with Gasteiger partial charge < -0.3 is 35.0 Å². The van der Waals surface area contributed by atoms with Crippen LogP contribution >= 0.6 is 0 Å². The first-order chi connectivity index (χ1) is 17.3. The highest BCUT2D eigenvalue weighted by molar-refractivity contribution is 5.83. The number of aliphatic hydroxyl groups is 5. The van der Waals surface area contributed by atoms with Gasteiger partial charge in [0.2, 0.25) is 0 Å². The number of aryl methyl sites for hydroxylation is 1. The first-order valence-electron chi connectivity index (χ1n) is 11.7. The summed E-state index contributed by atoms with van der Waals surface area (Å²) in [7, 11) is 1.58. The summed E-state index contributed by atoms with van der Waals surface area (Å²) in [6.07, 6.45) is -6.51. The Morgan fingerprint density at radius 2 is 1.64 bits per heavy atom. The van der Waals surface area contributed by atoms with Crippen molar-refractivity contribution in [2.75, 3.05) is 13.7 Å². The predicted octanol–water partition coefficient (Wildman–Crippen LogP) is 1.46. The molecule has 1 aliphatic heterocycles. The number of fused-ring (bicyclic) bond motifs is 3. The summed E-state index contributed by atoms with van der Waals surface area (Å²) in [5.74, 6) is 6.39. The standard InChI is InChI=1S/C29H28O7/c1-16-6-9-20-21-10-7-17(8-11-24-26(31)28(33)27(32)25(15-30)36-24)13-23(21)29(34,22(20)12-16)18-4-3-5-19(14-18)35-2/h3-7,9-10,12-14,24-28,30-34H,15H2,1-2H3/t24-,25-,26-,27-,28-,29?/m1/s1. The maximum absolute atomic E-state index is 12.3. The van der Waals surface area contributed by atoms with Crippen LogP contribution < -0.4 is 4.74 Å². The van der Waals surface area contributed by atoms with Gasteiger partial charge in [0.25, 0.3) is 0 Å². The molecule has 186 valence electrons. The fourth-order valence-corrected chi connectivity index (χ4v) is 5.03. The monoisotopic (exact) mass is 488 g/mol. The Morgan fingerprint density at radius 1 is 0.917 bits per heavy atom. The Morgan fingerprint density at radius 3 is 2.36 bits per heavy atom. The molecule has 1 heterocycles. The molecule has 5 N–H and O–H groups in total. The molecule has 3 aromatic rings. The number of aliphatic hydroxyl groups excluding tert-OH is 4. The molecule has 0 spiro atoms. The van der Waals surface area contributed by atoms with E-state index in [1.54, 1.807) is 13.2 Å². The summed E-state index contributed by atoms with van der Waals surface area (Å²) in [6.45, 7) is 1.46. The van der Waals surface area contributed by atoms with Crippen molar-refractivity contribution in [3.8, 4) is 28.7 Å². The van der Waals surface area contributed by atoms with Gasteiger partial charge in [-0.1, -0.05) is 53.8 Å². The first-order valence-corrected chi connectivity index (χ1v) is 11.7. The Labute approximate surface area is 209 Å². The molecule has 0 radical (unpaired) electrons.